The molecule has 0 bridgehead atoms. The van der Waals surface area contributed by atoms with E-state index in [-0.39, 0.29) is 22.6 Å². The zero-order valence-electron chi connectivity index (χ0n) is 15.1. The van der Waals surface area contributed by atoms with Crippen molar-refractivity contribution in [2.75, 3.05) is 0 Å². The van der Waals surface area contributed by atoms with Crippen molar-refractivity contribution in [3.05, 3.63) is 77.7 Å². The van der Waals surface area contributed by atoms with E-state index in [9.17, 15) is 17.6 Å². The fraction of sp³-hybridized carbons (Fsp3) is 0.182. The third-order valence-electron chi connectivity index (χ3n) is 5.08. The lowest BCUT2D eigenvalue weighted by Crippen LogP contribution is -2.08. The predicted molar refractivity (Wildman–Crippen MR) is 101 cm³/mol. The number of halogens is 4. The van der Waals surface area contributed by atoms with Gasteiger partial charge in [-0.3, -0.25) is 0 Å². The minimum Gasteiger partial charge on any atom is -0.228 e. The summed E-state index contributed by atoms with van der Waals surface area (Å²) in [4.78, 5) is 4.53. The topological polar surface area (TPSA) is 30.7 Å². The molecule has 0 aliphatic heterocycles. The van der Waals surface area contributed by atoms with Crippen LogP contribution in [0.1, 0.15) is 30.0 Å². The average Bonchev–Trinajstić information content (AvgIpc) is 3.48. The number of pyridine rings is 1. The Balaban J connectivity index is 1.85. The molecule has 0 atom stereocenters. The van der Waals surface area contributed by atoms with Crippen LogP contribution in [0.5, 0.6) is 0 Å². The third-order valence-corrected chi connectivity index (χ3v) is 5.08. The minimum atomic E-state index is -4.57. The summed E-state index contributed by atoms with van der Waals surface area (Å²) in [6, 6.07) is 15.3. The maximum atomic E-state index is 14.0. The van der Waals surface area contributed by atoms with Crippen LogP contribution in [0.25, 0.3) is 28.0 Å². The molecular weight excluding hydrogens is 382 g/mol. The van der Waals surface area contributed by atoms with E-state index in [2.05, 4.69) is 10.1 Å². The number of alkyl halides is 3. The Labute approximate surface area is 163 Å². The second-order valence-electron chi connectivity index (χ2n) is 7.17. The normalized spacial score (nSPS) is 14.5. The molecule has 3 nitrogen and oxygen atoms in total. The lowest BCUT2D eigenvalue weighted by Gasteiger charge is -2.12. The number of para-hydroxylation sites is 1. The van der Waals surface area contributed by atoms with E-state index in [1.54, 1.807) is 24.3 Å². The first-order valence-electron chi connectivity index (χ1n) is 9.24. The summed E-state index contributed by atoms with van der Waals surface area (Å²) in [6.45, 7) is 0. The molecule has 0 N–H and O–H groups in total. The van der Waals surface area contributed by atoms with Gasteiger partial charge in [-0.2, -0.15) is 18.3 Å². The molecule has 1 fully saturated rings. The third kappa shape index (κ3) is 3.16. The standard InChI is InChI=1S/C22H15F4N3/c23-15-10-8-13(9-11-15)18-12-17(22(24,25)26)19-20(14-6-7-14)28-29(21(19)27-18)16-4-2-1-3-5-16/h1-5,8-12,14H,6-7H2. The lowest BCUT2D eigenvalue weighted by atomic mass is 10.0. The van der Waals surface area contributed by atoms with Crippen molar-refractivity contribution in [3.63, 3.8) is 0 Å². The summed E-state index contributed by atoms with van der Waals surface area (Å²) >= 11 is 0. The predicted octanol–water partition coefficient (Wildman–Crippen LogP) is 6.12. The first kappa shape index (κ1) is 17.8. The number of hydrogen-bond acceptors (Lipinski definition) is 2. The van der Waals surface area contributed by atoms with Gasteiger partial charge in [0.1, 0.15) is 5.82 Å². The molecule has 0 radical (unpaired) electrons. The molecule has 0 saturated heterocycles. The maximum Gasteiger partial charge on any atom is 0.417 e. The Morgan fingerprint density at radius 2 is 1.62 bits per heavy atom. The van der Waals surface area contributed by atoms with E-state index in [4.69, 9.17) is 0 Å². The Bertz CT molecular complexity index is 1190. The lowest BCUT2D eigenvalue weighted by molar-refractivity contribution is -0.136. The zero-order chi connectivity index (χ0) is 20.2. The molecule has 4 aromatic rings. The zero-order valence-corrected chi connectivity index (χ0v) is 15.1. The Morgan fingerprint density at radius 1 is 0.931 bits per heavy atom. The minimum absolute atomic E-state index is 0.0158. The van der Waals surface area contributed by atoms with Crippen LogP contribution in [-0.4, -0.2) is 14.8 Å². The van der Waals surface area contributed by atoms with Gasteiger partial charge in [0.25, 0.3) is 0 Å². The molecule has 1 saturated carbocycles. The molecule has 29 heavy (non-hydrogen) atoms. The van der Waals surface area contributed by atoms with Gasteiger partial charge in [0.05, 0.1) is 28.0 Å². The molecule has 0 spiro atoms. The van der Waals surface area contributed by atoms with E-state index in [1.165, 1.54) is 28.9 Å². The Morgan fingerprint density at radius 3 is 2.24 bits per heavy atom. The van der Waals surface area contributed by atoms with Crippen LogP contribution in [0, 0.1) is 5.82 Å². The second kappa shape index (κ2) is 6.40. The van der Waals surface area contributed by atoms with Crippen molar-refractivity contribution in [2.24, 2.45) is 0 Å². The summed E-state index contributed by atoms with van der Waals surface area (Å²) < 4.78 is 56.9. The Kier molecular flexibility index (Phi) is 3.94. The van der Waals surface area contributed by atoms with Gasteiger partial charge in [-0.25, -0.2) is 14.1 Å². The van der Waals surface area contributed by atoms with Crippen LogP contribution in [0.3, 0.4) is 0 Å². The van der Waals surface area contributed by atoms with Crippen LogP contribution in [-0.2, 0) is 6.18 Å². The van der Waals surface area contributed by atoms with E-state index in [0.717, 1.165) is 18.9 Å². The van der Waals surface area contributed by atoms with Crippen molar-refractivity contribution >= 4 is 11.0 Å². The van der Waals surface area contributed by atoms with Gasteiger partial charge in [0.2, 0.25) is 0 Å². The van der Waals surface area contributed by atoms with Gasteiger partial charge in [-0.05, 0) is 55.3 Å². The highest BCUT2D eigenvalue weighted by molar-refractivity contribution is 5.87. The fourth-order valence-corrected chi connectivity index (χ4v) is 3.53. The van der Waals surface area contributed by atoms with Crippen molar-refractivity contribution in [1.29, 1.82) is 0 Å². The number of benzene rings is 2. The first-order chi connectivity index (χ1) is 13.9. The summed E-state index contributed by atoms with van der Waals surface area (Å²) in [6.07, 6.45) is -2.93. The monoisotopic (exact) mass is 397 g/mol. The van der Waals surface area contributed by atoms with Gasteiger partial charge in [-0.15, -0.1) is 0 Å². The summed E-state index contributed by atoms with van der Waals surface area (Å²) in [7, 11) is 0. The average molecular weight is 397 g/mol. The van der Waals surface area contributed by atoms with Gasteiger partial charge in [-0.1, -0.05) is 18.2 Å². The molecule has 146 valence electrons. The molecule has 5 rings (SSSR count). The van der Waals surface area contributed by atoms with Gasteiger partial charge >= 0.3 is 6.18 Å². The number of hydrogen-bond donors (Lipinski definition) is 0. The molecule has 0 amide bonds. The van der Waals surface area contributed by atoms with Crippen molar-refractivity contribution < 1.29 is 17.6 Å². The van der Waals surface area contributed by atoms with E-state index in [0.29, 0.717) is 16.9 Å². The van der Waals surface area contributed by atoms with Gasteiger partial charge in [0.15, 0.2) is 5.65 Å². The summed E-state index contributed by atoms with van der Waals surface area (Å²) in [5, 5.41) is 4.59. The van der Waals surface area contributed by atoms with Crippen LogP contribution in [0.2, 0.25) is 0 Å². The Hall–Kier alpha value is -3.22. The molecule has 2 aromatic heterocycles. The van der Waals surface area contributed by atoms with E-state index >= 15 is 0 Å². The van der Waals surface area contributed by atoms with Crippen LogP contribution in [0.15, 0.2) is 60.7 Å². The molecule has 7 heteroatoms. The maximum absolute atomic E-state index is 14.0. The molecule has 1 aliphatic carbocycles. The van der Waals surface area contributed by atoms with Crippen LogP contribution >= 0.6 is 0 Å². The van der Waals surface area contributed by atoms with Gasteiger partial charge < -0.3 is 0 Å². The van der Waals surface area contributed by atoms with Gasteiger partial charge in [0, 0.05) is 11.5 Å². The van der Waals surface area contributed by atoms with Crippen molar-refractivity contribution in [3.8, 4) is 16.9 Å². The highest BCUT2D eigenvalue weighted by atomic mass is 19.4. The molecule has 2 heterocycles. The van der Waals surface area contributed by atoms with E-state index in [1.807, 2.05) is 6.07 Å². The quantitative estimate of drug-likeness (QED) is 0.390. The number of fused-ring (bicyclic) bond motifs is 1. The second-order valence-corrected chi connectivity index (χ2v) is 7.17. The van der Waals surface area contributed by atoms with Crippen LogP contribution in [0.4, 0.5) is 17.6 Å². The van der Waals surface area contributed by atoms with E-state index < -0.39 is 17.6 Å². The number of nitrogens with zero attached hydrogens (tertiary/aromatic N) is 3. The highest BCUT2D eigenvalue weighted by Crippen LogP contribution is 2.46. The smallest absolute Gasteiger partial charge is 0.228 e. The van der Waals surface area contributed by atoms with Crippen LogP contribution < -0.4 is 0 Å². The highest BCUT2D eigenvalue weighted by Gasteiger charge is 2.39. The van der Waals surface area contributed by atoms with Crippen molar-refractivity contribution in [1.82, 2.24) is 14.8 Å². The molecule has 2 aromatic carbocycles. The van der Waals surface area contributed by atoms with Crippen molar-refractivity contribution in [2.45, 2.75) is 24.9 Å². The summed E-state index contributed by atoms with van der Waals surface area (Å²) in [5.74, 6) is -0.446. The largest absolute Gasteiger partial charge is 0.417 e. The molecule has 1 aliphatic rings. The number of rotatable bonds is 3. The first-order valence-corrected chi connectivity index (χ1v) is 9.24. The summed E-state index contributed by atoms with van der Waals surface area (Å²) in [5.41, 5.74) is 1.02. The molecular formula is C22H15F4N3. The molecule has 0 unspecified atom stereocenters. The fourth-order valence-electron chi connectivity index (χ4n) is 3.53. The number of aromatic nitrogens is 3. The SMILES string of the molecule is Fc1ccc(-c2cc(C(F)(F)F)c3c(C4CC4)nn(-c4ccccc4)c3n2)cc1.